The number of nitrogens with two attached hydrogens (primary N) is 1. The van der Waals surface area contributed by atoms with Crippen molar-refractivity contribution in [3.8, 4) is 0 Å². The molecule has 8 heteroatoms. The van der Waals surface area contributed by atoms with Crippen LogP contribution < -0.4 is 16.5 Å². The number of nitrogens with zero attached hydrogens (tertiary/aromatic N) is 1. The van der Waals surface area contributed by atoms with E-state index in [1.54, 1.807) is 0 Å². The maximum absolute atomic E-state index is 11.5. The normalized spacial score (nSPS) is 31.6. The minimum Gasteiger partial charge on any atom is -0.392 e. The molecule has 1 aliphatic carbocycles. The van der Waals surface area contributed by atoms with Crippen LogP contribution in [0.3, 0.4) is 0 Å². The number of amides is 4. The van der Waals surface area contributed by atoms with E-state index in [2.05, 4.69) is 22.8 Å². The molecule has 2 fully saturated rings. The van der Waals surface area contributed by atoms with Gasteiger partial charge in [-0.2, -0.15) is 5.10 Å². The van der Waals surface area contributed by atoms with Gasteiger partial charge in [0.25, 0.3) is 0 Å². The Morgan fingerprint density at radius 3 is 2.54 bits per heavy atom. The van der Waals surface area contributed by atoms with Crippen molar-refractivity contribution in [1.29, 1.82) is 0 Å². The molecule has 1 heterocycles. The van der Waals surface area contributed by atoms with Crippen LogP contribution in [-0.2, 0) is 9.59 Å². The molecule has 0 aromatic rings. The number of nitrogens with one attached hydrogen (secondary N) is 2. The highest BCUT2D eigenvalue weighted by Crippen LogP contribution is 2.35. The third-order valence-corrected chi connectivity index (χ3v) is 4.86. The summed E-state index contributed by atoms with van der Waals surface area (Å²) in [7, 11) is 0. The number of rotatable bonds is 4. The summed E-state index contributed by atoms with van der Waals surface area (Å²) in [5, 5.41) is 17.1. The molecule has 0 aromatic heterocycles. The number of hydrogen-bond acceptors (Lipinski definition) is 5. The van der Waals surface area contributed by atoms with E-state index in [0.717, 1.165) is 18.6 Å². The van der Waals surface area contributed by atoms with Gasteiger partial charge in [0.2, 0.25) is 11.8 Å². The highest BCUT2D eigenvalue weighted by atomic mass is 16.3. The largest absolute Gasteiger partial charge is 0.392 e. The van der Waals surface area contributed by atoms with Gasteiger partial charge in [-0.15, -0.1) is 0 Å². The minimum absolute atomic E-state index is 0.122. The second kappa shape index (κ2) is 7.74. The predicted octanol–water partition coefficient (Wildman–Crippen LogP) is 0.497. The molecule has 5 N–H and O–H groups in total. The molecule has 1 saturated heterocycles. The molecule has 4 unspecified atom stereocenters. The quantitative estimate of drug-likeness (QED) is 0.438. The molecule has 0 aromatic carbocycles. The molecule has 8 nitrogen and oxygen atoms in total. The monoisotopic (exact) mass is 338 g/mol. The first-order chi connectivity index (χ1) is 11.3. The zero-order valence-corrected chi connectivity index (χ0v) is 14.1. The van der Waals surface area contributed by atoms with Gasteiger partial charge in [0.15, 0.2) is 0 Å². The van der Waals surface area contributed by atoms with Crippen molar-refractivity contribution in [1.82, 2.24) is 10.7 Å². The average molecular weight is 338 g/mol. The molecule has 2 rings (SSSR count). The highest BCUT2D eigenvalue weighted by Gasteiger charge is 2.37. The van der Waals surface area contributed by atoms with E-state index >= 15 is 0 Å². The third kappa shape index (κ3) is 4.77. The van der Waals surface area contributed by atoms with Crippen LogP contribution in [0.2, 0.25) is 0 Å². The SMILES string of the molecule is CC1CC(C)/C(=N\NC(N)=O)C(C(O)CC2CC(=O)NC(=O)C2)C1. The Labute approximate surface area is 141 Å². The lowest BCUT2D eigenvalue weighted by atomic mass is 9.71. The molecule has 2 aliphatic rings. The zero-order chi connectivity index (χ0) is 17.9. The Kier molecular flexibility index (Phi) is 5.93. The summed E-state index contributed by atoms with van der Waals surface area (Å²) < 4.78 is 0. The number of carbonyl (C=O) groups is 3. The van der Waals surface area contributed by atoms with Crippen LogP contribution in [0.1, 0.15) is 46.0 Å². The Bertz CT molecular complexity index is 532. The number of hydrazone groups is 1. The van der Waals surface area contributed by atoms with E-state index in [9.17, 15) is 19.5 Å². The summed E-state index contributed by atoms with van der Waals surface area (Å²) in [6, 6.07) is -0.740. The molecule has 0 radical (unpaired) electrons. The van der Waals surface area contributed by atoms with Gasteiger partial charge in [-0.3, -0.25) is 14.9 Å². The topological polar surface area (TPSA) is 134 Å². The lowest BCUT2D eigenvalue weighted by molar-refractivity contribution is -0.135. The first-order valence-corrected chi connectivity index (χ1v) is 8.39. The standard InChI is InChI=1S/C16H26N4O4/c1-8-3-9(2)15(19-20-16(17)24)11(4-8)12(21)5-10-6-13(22)18-14(23)7-10/h8-12,21H,3-7H2,1-2H3,(H3,17,20,24)(H,18,22,23)/b19-15+. The van der Waals surface area contributed by atoms with Gasteiger partial charge in [-0.25, -0.2) is 10.2 Å². The van der Waals surface area contributed by atoms with E-state index in [1.165, 1.54) is 0 Å². The number of aliphatic hydroxyl groups is 1. The van der Waals surface area contributed by atoms with Gasteiger partial charge in [0, 0.05) is 24.5 Å². The smallest absolute Gasteiger partial charge is 0.332 e. The Balaban J connectivity index is 2.09. The minimum atomic E-state index is -0.740. The first-order valence-electron chi connectivity index (χ1n) is 8.39. The molecule has 134 valence electrons. The number of imide groups is 1. The molecule has 1 aliphatic heterocycles. The van der Waals surface area contributed by atoms with Crippen molar-refractivity contribution >= 4 is 23.6 Å². The third-order valence-electron chi connectivity index (χ3n) is 4.86. The predicted molar refractivity (Wildman–Crippen MR) is 87.7 cm³/mol. The van der Waals surface area contributed by atoms with Gasteiger partial charge in [-0.1, -0.05) is 13.8 Å². The number of hydrogen-bond donors (Lipinski definition) is 4. The molecule has 1 saturated carbocycles. The number of urea groups is 1. The van der Waals surface area contributed by atoms with Crippen molar-refractivity contribution < 1.29 is 19.5 Å². The van der Waals surface area contributed by atoms with E-state index in [-0.39, 0.29) is 42.4 Å². The second-order valence-electron chi connectivity index (χ2n) is 7.15. The molecule has 0 bridgehead atoms. The van der Waals surface area contributed by atoms with E-state index in [4.69, 9.17) is 5.73 Å². The molecule has 24 heavy (non-hydrogen) atoms. The molecule has 4 amide bonds. The molecule has 4 atom stereocenters. The van der Waals surface area contributed by atoms with Crippen LogP contribution >= 0.6 is 0 Å². The fourth-order valence-electron chi connectivity index (χ4n) is 3.93. The van der Waals surface area contributed by atoms with Crippen molar-refractivity contribution in [3.05, 3.63) is 0 Å². The molecule has 0 spiro atoms. The van der Waals surface area contributed by atoms with Crippen molar-refractivity contribution in [2.24, 2.45) is 34.5 Å². The van der Waals surface area contributed by atoms with Gasteiger partial charge in [-0.05, 0) is 37.0 Å². The molecular weight excluding hydrogens is 312 g/mol. The van der Waals surface area contributed by atoms with Crippen LogP contribution in [0, 0.1) is 23.7 Å². The lowest BCUT2D eigenvalue weighted by Crippen LogP contribution is -2.43. The van der Waals surface area contributed by atoms with E-state index in [1.807, 2.05) is 6.92 Å². The maximum Gasteiger partial charge on any atom is 0.332 e. The van der Waals surface area contributed by atoms with Crippen molar-refractivity contribution in [2.45, 2.75) is 52.1 Å². The average Bonchev–Trinajstić information content (AvgIpc) is 2.44. The van der Waals surface area contributed by atoms with Gasteiger partial charge >= 0.3 is 6.03 Å². The van der Waals surface area contributed by atoms with E-state index in [0.29, 0.717) is 12.3 Å². The fourth-order valence-corrected chi connectivity index (χ4v) is 3.93. The Morgan fingerprint density at radius 1 is 1.33 bits per heavy atom. The number of aliphatic hydroxyl groups excluding tert-OH is 1. The second-order valence-corrected chi connectivity index (χ2v) is 7.15. The van der Waals surface area contributed by atoms with Crippen molar-refractivity contribution in [3.63, 3.8) is 0 Å². The summed E-state index contributed by atoms with van der Waals surface area (Å²) in [6.07, 6.45) is 1.80. The van der Waals surface area contributed by atoms with Crippen LogP contribution in [0.4, 0.5) is 4.79 Å². The Hall–Kier alpha value is -1.96. The molecular formula is C16H26N4O4. The van der Waals surface area contributed by atoms with Gasteiger partial charge in [0.1, 0.15) is 0 Å². The fraction of sp³-hybridized carbons (Fsp3) is 0.750. The first kappa shape index (κ1) is 18.4. The van der Waals surface area contributed by atoms with Crippen LogP contribution in [-0.4, -0.2) is 34.8 Å². The van der Waals surface area contributed by atoms with Gasteiger partial charge in [0.05, 0.1) is 6.10 Å². The Morgan fingerprint density at radius 2 is 1.96 bits per heavy atom. The van der Waals surface area contributed by atoms with Crippen LogP contribution in [0.25, 0.3) is 0 Å². The lowest BCUT2D eigenvalue weighted by Gasteiger charge is -2.37. The summed E-state index contributed by atoms with van der Waals surface area (Å²) in [6.45, 7) is 4.13. The number of carbonyl (C=O) groups excluding carboxylic acids is 3. The van der Waals surface area contributed by atoms with Crippen LogP contribution in [0.15, 0.2) is 5.10 Å². The maximum atomic E-state index is 11.5. The zero-order valence-electron chi connectivity index (χ0n) is 14.1. The van der Waals surface area contributed by atoms with Crippen molar-refractivity contribution in [2.75, 3.05) is 0 Å². The number of primary amides is 1. The number of piperidine rings is 1. The highest BCUT2D eigenvalue weighted by molar-refractivity contribution is 5.97. The summed E-state index contributed by atoms with van der Waals surface area (Å²) in [5.41, 5.74) is 8.07. The van der Waals surface area contributed by atoms with E-state index < -0.39 is 12.1 Å². The van der Waals surface area contributed by atoms with Crippen LogP contribution in [0.5, 0.6) is 0 Å². The summed E-state index contributed by atoms with van der Waals surface area (Å²) in [4.78, 5) is 33.9. The summed E-state index contributed by atoms with van der Waals surface area (Å²) >= 11 is 0. The summed E-state index contributed by atoms with van der Waals surface area (Å²) in [5.74, 6) is -0.425. The van der Waals surface area contributed by atoms with Gasteiger partial charge < -0.3 is 10.8 Å².